The summed E-state index contributed by atoms with van der Waals surface area (Å²) in [5, 5.41) is 13.7. The number of carbonyl (C=O) groups is 2. The second-order valence-electron chi connectivity index (χ2n) is 3.89. The van der Waals surface area contributed by atoms with E-state index in [2.05, 4.69) is 4.74 Å². The Hall–Kier alpha value is -1.78. The second kappa shape index (κ2) is 5.19. The molecule has 82 valence electrons. The Bertz CT molecular complexity index is 324. The van der Waals surface area contributed by atoms with Crippen molar-refractivity contribution in [1.82, 2.24) is 0 Å². The Kier molecular flexibility index (Phi) is 4.57. The highest BCUT2D eigenvalue weighted by molar-refractivity contribution is 6.33. The highest BCUT2D eigenvalue weighted by Gasteiger charge is 2.24. The summed E-state index contributed by atoms with van der Waals surface area (Å²) in [6.45, 7) is 4.89. The summed E-state index contributed by atoms with van der Waals surface area (Å²) in [6, 6.07) is 0. The topological polar surface area (TPSA) is 91.1 Å². The van der Waals surface area contributed by atoms with Crippen LogP contribution in [0, 0.1) is 16.2 Å². The van der Waals surface area contributed by atoms with E-state index in [0.717, 1.165) is 18.4 Å². The fourth-order valence-electron chi connectivity index (χ4n) is 0.484. The molecule has 0 unspecified atom stereocenters. The zero-order valence-electron chi connectivity index (χ0n) is 8.96. The summed E-state index contributed by atoms with van der Waals surface area (Å²) >= 11 is 0. The van der Waals surface area contributed by atoms with Crippen molar-refractivity contribution in [3.05, 3.63) is 12.2 Å². The van der Waals surface area contributed by atoms with Crippen LogP contribution >= 0.6 is 0 Å². The molecule has 0 rings (SSSR count). The van der Waals surface area contributed by atoms with Gasteiger partial charge in [-0.2, -0.15) is 0 Å². The number of allylic oxidation sites excluding steroid dienone is 1. The van der Waals surface area contributed by atoms with Gasteiger partial charge in [-0.05, 0) is 26.8 Å². The molecule has 2 N–H and O–H groups in total. The number of esters is 2. The van der Waals surface area contributed by atoms with Gasteiger partial charge in [0.2, 0.25) is 0 Å². The van der Waals surface area contributed by atoms with E-state index >= 15 is 0 Å². The molecule has 0 bridgehead atoms. The van der Waals surface area contributed by atoms with Gasteiger partial charge in [-0.25, -0.2) is 4.79 Å². The molecule has 0 atom stereocenters. The van der Waals surface area contributed by atoms with Crippen molar-refractivity contribution >= 4 is 23.9 Å². The molecule has 0 radical (unpaired) electrons. The van der Waals surface area contributed by atoms with Crippen LogP contribution in [-0.4, -0.2) is 23.9 Å². The monoisotopic (exact) mass is 210 g/mol. The lowest BCUT2D eigenvalue weighted by atomic mass is 9.97. The van der Waals surface area contributed by atoms with E-state index in [4.69, 9.17) is 10.8 Å². The average molecular weight is 210 g/mol. The Morgan fingerprint density at radius 3 is 2.13 bits per heavy atom. The Morgan fingerprint density at radius 1 is 1.20 bits per heavy atom. The van der Waals surface area contributed by atoms with E-state index in [0.29, 0.717) is 0 Å². The van der Waals surface area contributed by atoms with Crippen molar-refractivity contribution in [2.45, 2.75) is 20.8 Å². The zero-order chi connectivity index (χ0) is 12.1. The van der Waals surface area contributed by atoms with Gasteiger partial charge in [0.25, 0.3) is 0 Å². The quantitative estimate of drug-likeness (QED) is 0.318. The number of nitrogens with one attached hydrogen (secondary N) is 2. The third-order valence-electron chi connectivity index (χ3n) is 1.36. The first-order chi connectivity index (χ1) is 6.77. The van der Waals surface area contributed by atoms with E-state index in [9.17, 15) is 9.59 Å². The van der Waals surface area contributed by atoms with Gasteiger partial charge < -0.3 is 10.1 Å². The van der Waals surface area contributed by atoms with Gasteiger partial charge >= 0.3 is 11.9 Å². The van der Waals surface area contributed by atoms with Gasteiger partial charge in [0.05, 0.1) is 11.1 Å². The molecule has 0 saturated carbocycles. The summed E-state index contributed by atoms with van der Waals surface area (Å²) in [5.74, 6) is -1.46. The van der Waals surface area contributed by atoms with Gasteiger partial charge in [-0.15, -0.1) is 0 Å². The van der Waals surface area contributed by atoms with Gasteiger partial charge in [0.15, 0.2) is 0 Å². The molecule has 0 fully saturated rings. The van der Waals surface area contributed by atoms with E-state index in [1.807, 2.05) is 0 Å². The number of hydrogen-bond donors (Lipinski definition) is 2. The molecule has 0 aliphatic rings. The molecule has 0 aliphatic heterocycles. The summed E-state index contributed by atoms with van der Waals surface area (Å²) in [4.78, 5) is 22.2. The van der Waals surface area contributed by atoms with Crippen molar-refractivity contribution in [2.75, 3.05) is 0 Å². The van der Waals surface area contributed by atoms with Crippen LogP contribution in [0.3, 0.4) is 0 Å². The second-order valence-corrected chi connectivity index (χ2v) is 3.89. The van der Waals surface area contributed by atoms with Crippen LogP contribution < -0.4 is 0 Å². The third kappa shape index (κ3) is 5.51. The van der Waals surface area contributed by atoms with Crippen molar-refractivity contribution in [1.29, 1.82) is 10.8 Å². The smallest absolute Gasteiger partial charge is 0.338 e. The standard InChI is InChI=1S/C10H14N2O3/c1-10(2,3)9(14)15-8(13)5-4-7(12)6-11/h4-6,11-12H,1-3H3/b5-4+,11-6?,12-7?. The highest BCUT2D eigenvalue weighted by atomic mass is 16.6. The maximum Gasteiger partial charge on any atom is 0.338 e. The van der Waals surface area contributed by atoms with Gasteiger partial charge in [0, 0.05) is 12.3 Å². The molecule has 0 heterocycles. The number of rotatable bonds is 3. The summed E-state index contributed by atoms with van der Waals surface area (Å²) in [6.07, 6.45) is 2.80. The first-order valence-corrected chi connectivity index (χ1v) is 4.30. The summed E-state index contributed by atoms with van der Waals surface area (Å²) in [5.41, 5.74) is -0.881. The normalized spacial score (nSPS) is 11.1. The van der Waals surface area contributed by atoms with E-state index < -0.39 is 17.4 Å². The van der Waals surface area contributed by atoms with Crippen LogP contribution in [0.15, 0.2) is 12.2 Å². The maximum atomic E-state index is 11.2. The maximum absolute atomic E-state index is 11.2. The molecule has 0 aromatic heterocycles. The van der Waals surface area contributed by atoms with Crippen LogP contribution in [0.25, 0.3) is 0 Å². The van der Waals surface area contributed by atoms with Crippen LogP contribution in [-0.2, 0) is 14.3 Å². The molecule has 0 aliphatic carbocycles. The molecular weight excluding hydrogens is 196 g/mol. The van der Waals surface area contributed by atoms with Crippen LogP contribution in [0.5, 0.6) is 0 Å². The fraction of sp³-hybridized carbons (Fsp3) is 0.400. The van der Waals surface area contributed by atoms with Crippen LogP contribution in [0.1, 0.15) is 20.8 Å². The van der Waals surface area contributed by atoms with Crippen molar-refractivity contribution < 1.29 is 14.3 Å². The fourth-order valence-corrected chi connectivity index (χ4v) is 0.484. The lowest BCUT2D eigenvalue weighted by Gasteiger charge is -2.14. The average Bonchev–Trinajstić information content (AvgIpc) is 2.12. The molecule has 0 saturated heterocycles. The lowest BCUT2D eigenvalue weighted by molar-refractivity contribution is -0.162. The first kappa shape index (κ1) is 13.2. The van der Waals surface area contributed by atoms with Crippen molar-refractivity contribution in [3.63, 3.8) is 0 Å². The molecular formula is C10H14N2O3. The minimum absolute atomic E-state index is 0.143. The lowest BCUT2D eigenvalue weighted by Crippen LogP contribution is -2.25. The van der Waals surface area contributed by atoms with E-state index in [1.54, 1.807) is 20.8 Å². The SMILES string of the molecule is CC(C)(C)C(=O)OC(=O)/C=C/C(=N)C=N. The van der Waals surface area contributed by atoms with E-state index in [-0.39, 0.29) is 5.71 Å². The van der Waals surface area contributed by atoms with Crippen LogP contribution in [0.2, 0.25) is 0 Å². The highest BCUT2D eigenvalue weighted by Crippen LogP contribution is 2.15. The molecule has 15 heavy (non-hydrogen) atoms. The molecule has 5 heteroatoms. The van der Waals surface area contributed by atoms with Gasteiger partial charge in [-0.1, -0.05) is 0 Å². The Morgan fingerprint density at radius 2 is 1.73 bits per heavy atom. The summed E-state index contributed by atoms with van der Waals surface area (Å²) in [7, 11) is 0. The van der Waals surface area contributed by atoms with Gasteiger partial charge in [0.1, 0.15) is 0 Å². The third-order valence-corrected chi connectivity index (χ3v) is 1.36. The Labute approximate surface area is 88.1 Å². The minimum atomic E-state index is -0.832. The zero-order valence-corrected chi connectivity index (χ0v) is 8.96. The van der Waals surface area contributed by atoms with Crippen molar-refractivity contribution in [3.8, 4) is 0 Å². The number of ether oxygens (including phenoxy) is 1. The number of carbonyl (C=O) groups excluding carboxylic acids is 2. The van der Waals surface area contributed by atoms with Crippen LogP contribution in [0.4, 0.5) is 0 Å². The number of hydrogen-bond acceptors (Lipinski definition) is 5. The molecule has 0 spiro atoms. The molecule has 0 amide bonds. The molecule has 5 nitrogen and oxygen atoms in total. The van der Waals surface area contributed by atoms with Gasteiger partial charge in [-0.3, -0.25) is 10.2 Å². The van der Waals surface area contributed by atoms with E-state index in [1.165, 1.54) is 0 Å². The summed E-state index contributed by atoms with van der Waals surface area (Å²) < 4.78 is 4.47. The van der Waals surface area contributed by atoms with Crippen molar-refractivity contribution in [2.24, 2.45) is 5.41 Å². The molecule has 0 aromatic carbocycles. The largest absolute Gasteiger partial charge is 0.389 e. The predicted octanol–water partition coefficient (Wildman–Crippen LogP) is 1.33. The Balaban J connectivity index is 4.28. The predicted molar refractivity (Wildman–Crippen MR) is 56.2 cm³/mol. The molecule has 0 aromatic rings. The first-order valence-electron chi connectivity index (χ1n) is 4.30. The minimum Gasteiger partial charge on any atom is -0.389 e.